The Labute approximate surface area is 88.7 Å². The largest absolute Gasteiger partial charge is 0.478 e. The number of aliphatic hydroxyl groups excluding tert-OH is 1. The molecule has 0 aromatic rings. The lowest BCUT2D eigenvalue weighted by Gasteiger charge is -1.91. The molecule has 0 amide bonds. The van der Waals surface area contributed by atoms with Gasteiger partial charge in [-0.3, -0.25) is 0 Å². The number of carbonyl (C=O) groups excluding carboxylic acids is 1. The van der Waals surface area contributed by atoms with Crippen LogP contribution >= 0.6 is 0 Å². The number of aliphatic carboxylic acids is 1. The van der Waals surface area contributed by atoms with E-state index >= 15 is 0 Å². The number of carboxylic acids is 1. The van der Waals surface area contributed by atoms with Gasteiger partial charge in [0.1, 0.15) is 0 Å². The first-order chi connectivity index (χ1) is 6.99. The molecule has 0 aliphatic heterocycles. The molecule has 0 aliphatic carbocycles. The zero-order chi connectivity index (χ0) is 12.3. The van der Waals surface area contributed by atoms with E-state index in [2.05, 4.69) is 17.9 Å². The first kappa shape index (κ1) is 15.8. The number of hydrogen-bond acceptors (Lipinski definition) is 4. The summed E-state index contributed by atoms with van der Waals surface area (Å²) in [5, 5.41) is 16.3. The fourth-order valence-corrected chi connectivity index (χ4v) is 0.443. The standard InChI is InChI=1S/C5H8O3.C5H8O2/c1-4(2-3-6)5(7)8;1-3-5(6)7-4-2/h6H,1-3H2,(H,7,8);3H,1,4H2,2H3. The zero-order valence-electron chi connectivity index (χ0n) is 8.73. The van der Waals surface area contributed by atoms with Crippen LogP contribution in [0.4, 0.5) is 0 Å². The van der Waals surface area contributed by atoms with E-state index < -0.39 is 5.97 Å². The van der Waals surface area contributed by atoms with Gasteiger partial charge in [-0.1, -0.05) is 13.2 Å². The van der Waals surface area contributed by atoms with Crippen LogP contribution in [0.15, 0.2) is 24.8 Å². The topological polar surface area (TPSA) is 83.8 Å². The molecule has 0 saturated carbocycles. The molecule has 0 saturated heterocycles. The first-order valence-corrected chi connectivity index (χ1v) is 4.30. The Morgan fingerprint density at radius 3 is 2.13 bits per heavy atom. The van der Waals surface area contributed by atoms with Gasteiger partial charge in [0.15, 0.2) is 0 Å². The molecule has 0 unspecified atom stereocenters. The lowest BCUT2D eigenvalue weighted by molar-refractivity contribution is -0.137. The summed E-state index contributed by atoms with van der Waals surface area (Å²) in [7, 11) is 0. The van der Waals surface area contributed by atoms with Gasteiger partial charge in [-0.25, -0.2) is 9.59 Å². The Balaban J connectivity index is 0. The van der Waals surface area contributed by atoms with Crippen molar-refractivity contribution in [1.29, 1.82) is 0 Å². The summed E-state index contributed by atoms with van der Waals surface area (Å²) < 4.78 is 4.43. The maximum Gasteiger partial charge on any atom is 0.331 e. The van der Waals surface area contributed by atoms with Crippen molar-refractivity contribution in [1.82, 2.24) is 0 Å². The molecule has 0 heterocycles. The van der Waals surface area contributed by atoms with Crippen molar-refractivity contribution in [2.75, 3.05) is 13.2 Å². The fraction of sp³-hybridized carbons (Fsp3) is 0.400. The fourth-order valence-electron chi connectivity index (χ4n) is 0.443. The van der Waals surface area contributed by atoms with Crippen molar-refractivity contribution in [2.24, 2.45) is 0 Å². The minimum atomic E-state index is -1.04. The van der Waals surface area contributed by atoms with E-state index in [9.17, 15) is 9.59 Å². The predicted octanol–water partition coefficient (Wildman–Crippen LogP) is 0.745. The van der Waals surface area contributed by atoms with Gasteiger partial charge in [-0.2, -0.15) is 0 Å². The second-order valence-corrected chi connectivity index (χ2v) is 2.34. The van der Waals surface area contributed by atoms with Crippen molar-refractivity contribution in [3.05, 3.63) is 24.8 Å². The number of aliphatic hydroxyl groups is 1. The minimum Gasteiger partial charge on any atom is -0.478 e. The summed E-state index contributed by atoms with van der Waals surface area (Å²) in [6, 6.07) is 0. The van der Waals surface area contributed by atoms with E-state index in [-0.39, 0.29) is 24.6 Å². The summed E-state index contributed by atoms with van der Waals surface area (Å²) in [6.45, 7) is 8.41. The quantitative estimate of drug-likeness (QED) is 0.523. The highest BCUT2D eigenvalue weighted by Crippen LogP contribution is 1.94. The number of hydrogen-bond donors (Lipinski definition) is 2. The highest BCUT2D eigenvalue weighted by atomic mass is 16.5. The van der Waals surface area contributed by atoms with Crippen molar-refractivity contribution >= 4 is 11.9 Å². The van der Waals surface area contributed by atoms with Gasteiger partial charge in [-0.15, -0.1) is 0 Å². The molecular formula is C10H16O5. The number of rotatable bonds is 5. The molecule has 5 nitrogen and oxygen atoms in total. The third-order valence-electron chi connectivity index (χ3n) is 1.17. The van der Waals surface area contributed by atoms with Crippen LogP contribution in [0.1, 0.15) is 13.3 Å². The summed E-state index contributed by atoms with van der Waals surface area (Å²) in [6.07, 6.45) is 1.29. The lowest BCUT2D eigenvalue weighted by Crippen LogP contribution is -2.00. The van der Waals surface area contributed by atoms with Crippen LogP contribution in [0.3, 0.4) is 0 Å². The highest BCUT2D eigenvalue weighted by Gasteiger charge is 1.99. The third kappa shape index (κ3) is 12.4. The van der Waals surface area contributed by atoms with Crippen LogP contribution in [0.2, 0.25) is 0 Å². The molecule has 0 fully saturated rings. The maximum atomic E-state index is 10.1. The lowest BCUT2D eigenvalue weighted by atomic mass is 10.2. The second kappa shape index (κ2) is 10.5. The van der Waals surface area contributed by atoms with E-state index in [0.29, 0.717) is 6.61 Å². The number of ether oxygens (including phenoxy) is 1. The summed E-state index contributed by atoms with van der Waals surface area (Å²) >= 11 is 0. The average Bonchev–Trinajstić information content (AvgIpc) is 2.19. The number of carbonyl (C=O) groups is 2. The molecule has 2 N–H and O–H groups in total. The van der Waals surface area contributed by atoms with E-state index in [1.807, 2.05) is 0 Å². The molecule has 0 aromatic heterocycles. The van der Waals surface area contributed by atoms with E-state index in [4.69, 9.17) is 10.2 Å². The smallest absolute Gasteiger partial charge is 0.331 e. The normalized spacial score (nSPS) is 8.13. The van der Waals surface area contributed by atoms with Gasteiger partial charge in [-0.05, 0) is 6.92 Å². The summed E-state index contributed by atoms with van der Waals surface area (Å²) in [5.41, 5.74) is 0.0486. The first-order valence-electron chi connectivity index (χ1n) is 4.30. The number of carboxylic acid groups (broad SMARTS) is 1. The van der Waals surface area contributed by atoms with Gasteiger partial charge in [0.05, 0.1) is 6.61 Å². The van der Waals surface area contributed by atoms with Crippen molar-refractivity contribution in [3.63, 3.8) is 0 Å². The van der Waals surface area contributed by atoms with E-state index in [0.717, 1.165) is 6.08 Å². The Bertz CT molecular complexity index is 232. The van der Waals surface area contributed by atoms with Crippen LogP contribution in [-0.4, -0.2) is 35.4 Å². The highest BCUT2D eigenvalue weighted by molar-refractivity contribution is 5.85. The SMILES string of the molecule is C=C(CCO)C(=O)O.C=CC(=O)OCC. The van der Waals surface area contributed by atoms with Gasteiger partial charge in [0.2, 0.25) is 0 Å². The Morgan fingerprint density at radius 1 is 1.47 bits per heavy atom. The monoisotopic (exact) mass is 216 g/mol. The van der Waals surface area contributed by atoms with Gasteiger partial charge < -0.3 is 14.9 Å². The molecule has 15 heavy (non-hydrogen) atoms. The Morgan fingerprint density at radius 2 is 2.00 bits per heavy atom. The van der Waals surface area contributed by atoms with Crippen molar-refractivity contribution < 1.29 is 24.5 Å². The third-order valence-corrected chi connectivity index (χ3v) is 1.17. The van der Waals surface area contributed by atoms with Crippen LogP contribution in [0.5, 0.6) is 0 Å². The molecule has 0 radical (unpaired) electrons. The molecule has 0 aromatic carbocycles. The average molecular weight is 216 g/mol. The van der Waals surface area contributed by atoms with Gasteiger partial charge in [0, 0.05) is 24.7 Å². The van der Waals surface area contributed by atoms with Crippen LogP contribution in [0, 0.1) is 0 Å². The van der Waals surface area contributed by atoms with Gasteiger partial charge in [0.25, 0.3) is 0 Å². The molecule has 0 atom stereocenters. The van der Waals surface area contributed by atoms with Crippen molar-refractivity contribution in [2.45, 2.75) is 13.3 Å². The van der Waals surface area contributed by atoms with Crippen LogP contribution < -0.4 is 0 Å². The second-order valence-electron chi connectivity index (χ2n) is 2.34. The molecule has 5 heteroatoms. The van der Waals surface area contributed by atoms with E-state index in [1.165, 1.54) is 0 Å². The van der Waals surface area contributed by atoms with E-state index in [1.54, 1.807) is 6.92 Å². The number of esters is 1. The van der Waals surface area contributed by atoms with Gasteiger partial charge >= 0.3 is 11.9 Å². The van der Waals surface area contributed by atoms with Crippen molar-refractivity contribution in [3.8, 4) is 0 Å². The van der Waals surface area contributed by atoms with Crippen LogP contribution in [-0.2, 0) is 14.3 Å². The Kier molecular flexibility index (Phi) is 11.0. The zero-order valence-corrected chi connectivity index (χ0v) is 8.73. The maximum absolute atomic E-state index is 10.1. The molecular weight excluding hydrogens is 200 g/mol. The molecule has 86 valence electrons. The molecule has 0 spiro atoms. The Hall–Kier alpha value is -1.62. The molecule has 0 rings (SSSR count). The predicted molar refractivity (Wildman–Crippen MR) is 55.3 cm³/mol. The summed E-state index contributed by atoms with van der Waals surface area (Å²) in [4.78, 5) is 20.0. The minimum absolute atomic E-state index is 0.0486. The molecule has 0 aliphatic rings. The van der Waals surface area contributed by atoms with Crippen LogP contribution in [0.25, 0.3) is 0 Å². The summed E-state index contributed by atoms with van der Waals surface area (Å²) in [5.74, 6) is -1.40. The molecule has 0 bridgehead atoms.